The number of sulfonamides is 1. The second-order valence-corrected chi connectivity index (χ2v) is 9.54. The Bertz CT molecular complexity index is 646. The van der Waals surface area contributed by atoms with Crippen LogP contribution in [0.2, 0.25) is 5.02 Å². The molecule has 0 aliphatic carbocycles. The van der Waals surface area contributed by atoms with Gasteiger partial charge in [-0.1, -0.05) is 32.4 Å². The molecule has 4 nitrogen and oxygen atoms in total. The van der Waals surface area contributed by atoms with Gasteiger partial charge in [0.1, 0.15) is 10.6 Å². The zero-order chi connectivity index (χ0) is 17.3. The minimum Gasteiger partial charge on any atom is -0.495 e. The van der Waals surface area contributed by atoms with Crippen LogP contribution in [0.3, 0.4) is 0 Å². The number of halogens is 1. The molecule has 1 aromatic carbocycles. The van der Waals surface area contributed by atoms with Crippen LogP contribution in [0.5, 0.6) is 5.75 Å². The highest BCUT2D eigenvalue weighted by molar-refractivity contribution is 7.89. The lowest BCUT2D eigenvalue weighted by atomic mass is 9.82. The van der Waals surface area contributed by atoms with Crippen LogP contribution in [0.4, 0.5) is 0 Å². The van der Waals surface area contributed by atoms with Gasteiger partial charge in [0.05, 0.1) is 7.11 Å². The molecule has 1 N–H and O–H groups in total. The lowest BCUT2D eigenvalue weighted by molar-refractivity contribution is 0.269. The van der Waals surface area contributed by atoms with E-state index in [1.54, 1.807) is 13.0 Å². The smallest absolute Gasteiger partial charge is 0.244 e. The van der Waals surface area contributed by atoms with E-state index in [1.807, 2.05) is 13.8 Å². The molecular formula is C16H26ClNO3S. The van der Waals surface area contributed by atoms with Crippen LogP contribution in [-0.2, 0) is 10.0 Å². The van der Waals surface area contributed by atoms with Crippen molar-refractivity contribution in [2.75, 3.05) is 7.11 Å². The maximum atomic E-state index is 12.7. The number of methoxy groups -OCH3 is 1. The zero-order valence-electron chi connectivity index (χ0n) is 14.4. The van der Waals surface area contributed by atoms with Crippen molar-refractivity contribution in [1.29, 1.82) is 0 Å². The summed E-state index contributed by atoms with van der Waals surface area (Å²) in [6, 6.07) is 3.07. The molecule has 0 aliphatic rings. The molecule has 22 heavy (non-hydrogen) atoms. The average Bonchev–Trinajstić information content (AvgIpc) is 2.27. The normalized spacial score (nSPS) is 13.3. The highest BCUT2D eigenvalue weighted by Gasteiger charge is 2.32. The van der Waals surface area contributed by atoms with E-state index in [1.165, 1.54) is 13.2 Å². The molecule has 0 fully saturated rings. The Balaban J connectivity index is 3.23. The summed E-state index contributed by atoms with van der Waals surface area (Å²) in [7, 11) is -2.29. The van der Waals surface area contributed by atoms with Crippen molar-refractivity contribution in [3.05, 3.63) is 22.7 Å². The molecule has 0 saturated heterocycles. The van der Waals surface area contributed by atoms with Gasteiger partial charge in [0.25, 0.3) is 0 Å². The third kappa shape index (κ3) is 5.14. The van der Waals surface area contributed by atoms with Crippen LogP contribution >= 0.6 is 11.6 Å². The topological polar surface area (TPSA) is 55.4 Å². The van der Waals surface area contributed by atoms with Crippen molar-refractivity contribution >= 4 is 21.6 Å². The Kier molecular flexibility index (Phi) is 5.59. The van der Waals surface area contributed by atoms with Crippen LogP contribution in [-0.4, -0.2) is 21.1 Å². The first kappa shape index (κ1) is 19.3. The number of hydrogen-bond acceptors (Lipinski definition) is 3. The molecule has 0 radical (unpaired) electrons. The first-order valence-electron chi connectivity index (χ1n) is 7.15. The van der Waals surface area contributed by atoms with Gasteiger partial charge in [-0.05, 0) is 50.3 Å². The molecule has 0 bridgehead atoms. The average molecular weight is 348 g/mol. The summed E-state index contributed by atoms with van der Waals surface area (Å²) in [6.07, 6.45) is 0.696. The third-order valence-electron chi connectivity index (χ3n) is 3.12. The molecule has 0 aromatic heterocycles. The monoisotopic (exact) mass is 347 g/mol. The predicted octanol–water partition coefficient (Wildman–Crippen LogP) is 4.15. The van der Waals surface area contributed by atoms with E-state index in [0.29, 0.717) is 17.2 Å². The molecule has 6 heteroatoms. The van der Waals surface area contributed by atoms with Gasteiger partial charge in [-0.2, -0.15) is 0 Å². The van der Waals surface area contributed by atoms with Gasteiger partial charge < -0.3 is 4.74 Å². The van der Waals surface area contributed by atoms with Crippen molar-refractivity contribution in [2.24, 2.45) is 5.41 Å². The van der Waals surface area contributed by atoms with E-state index in [0.717, 1.165) is 5.56 Å². The van der Waals surface area contributed by atoms with E-state index in [4.69, 9.17) is 16.3 Å². The summed E-state index contributed by atoms with van der Waals surface area (Å²) < 4.78 is 33.4. The van der Waals surface area contributed by atoms with Crippen LogP contribution < -0.4 is 9.46 Å². The second-order valence-electron chi connectivity index (χ2n) is 7.48. The third-order valence-corrected chi connectivity index (χ3v) is 5.24. The van der Waals surface area contributed by atoms with Crippen LogP contribution in [0.15, 0.2) is 17.0 Å². The molecule has 0 aliphatic heterocycles. The van der Waals surface area contributed by atoms with E-state index in [-0.39, 0.29) is 10.3 Å². The molecule has 0 spiro atoms. The first-order valence-corrected chi connectivity index (χ1v) is 9.02. The fraction of sp³-hybridized carbons (Fsp3) is 0.625. The second kappa shape index (κ2) is 6.38. The van der Waals surface area contributed by atoms with Crippen molar-refractivity contribution in [1.82, 2.24) is 4.72 Å². The van der Waals surface area contributed by atoms with E-state index >= 15 is 0 Å². The summed E-state index contributed by atoms with van der Waals surface area (Å²) in [4.78, 5) is 0.0626. The van der Waals surface area contributed by atoms with Crippen LogP contribution in [0.1, 0.15) is 46.6 Å². The van der Waals surface area contributed by atoms with Gasteiger partial charge in [0, 0.05) is 10.6 Å². The molecule has 0 heterocycles. The fourth-order valence-electron chi connectivity index (χ4n) is 2.79. The highest BCUT2D eigenvalue weighted by atomic mass is 35.5. The molecule has 1 aromatic rings. The number of aryl methyl sites for hydroxylation is 1. The summed E-state index contributed by atoms with van der Waals surface area (Å²) in [5.41, 5.74) is 0.187. The number of hydrogen-bond donors (Lipinski definition) is 1. The quantitative estimate of drug-likeness (QED) is 0.870. The van der Waals surface area contributed by atoms with Crippen molar-refractivity contribution < 1.29 is 13.2 Å². The first-order chi connectivity index (χ1) is 9.77. The molecule has 126 valence electrons. The number of ether oxygens (including phenoxy) is 1. The Hall–Kier alpha value is -0.780. The Labute approximate surface area is 139 Å². The van der Waals surface area contributed by atoms with Crippen molar-refractivity contribution in [2.45, 2.75) is 58.4 Å². The van der Waals surface area contributed by atoms with Crippen LogP contribution in [0.25, 0.3) is 0 Å². The fourth-order valence-corrected chi connectivity index (χ4v) is 4.61. The Morgan fingerprint density at radius 1 is 1.18 bits per heavy atom. The lowest BCUT2D eigenvalue weighted by Gasteiger charge is -2.33. The van der Waals surface area contributed by atoms with Gasteiger partial charge in [-0.15, -0.1) is 0 Å². The van der Waals surface area contributed by atoms with E-state index in [2.05, 4.69) is 25.5 Å². The molecule has 0 atom stereocenters. The Morgan fingerprint density at radius 2 is 1.73 bits per heavy atom. The summed E-state index contributed by atoms with van der Waals surface area (Å²) in [6.45, 7) is 11.8. The Morgan fingerprint density at radius 3 is 2.18 bits per heavy atom. The molecule has 0 saturated carbocycles. The maximum Gasteiger partial charge on any atom is 0.244 e. The molecule has 1 rings (SSSR count). The van der Waals surface area contributed by atoms with Gasteiger partial charge in [-0.3, -0.25) is 0 Å². The van der Waals surface area contributed by atoms with E-state index < -0.39 is 15.6 Å². The minimum absolute atomic E-state index is 0.00102. The van der Waals surface area contributed by atoms with E-state index in [9.17, 15) is 8.42 Å². The summed E-state index contributed by atoms with van der Waals surface area (Å²) in [5.74, 6) is 0.293. The zero-order valence-corrected chi connectivity index (χ0v) is 15.9. The van der Waals surface area contributed by atoms with Gasteiger partial charge in [-0.25, -0.2) is 13.1 Å². The van der Waals surface area contributed by atoms with Crippen molar-refractivity contribution in [3.63, 3.8) is 0 Å². The highest BCUT2D eigenvalue weighted by Crippen LogP contribution is 2.33. The van der Waals surface area contributed by atoms with Gasteiger partial charge >= 0.3 is 0 Å². The number of benzene rings is 1. The lowest BCUT2D eigenvalue weighted by Crippen LogP contribution is -2.45. The predicted molar refractivity (Wildman–Crippen MR) is 91.2 cm³/mol. The van der Waals surface area contributed by atoms with Crippen molar-refractivity contribution in [3.8, 4) is 5.75 Å². The van der Waals surface area contributed by atoms with Crippen LogP contribution in [0, 0.1) is 12.3 Å². The summed E-state index contributed by atoms with van der Waals surface area (Å²) >= 11 is 6.08. The van der Waals surface area contributed by atoms with Gasteiger partial charge in [0.2, 0.25) is 10.0 Å². The minimum atomic E-state index is -3.73. The molecule has 0 amide bonds. The molecular weight excluding hydrogens is 322 g/mol. The number of nitrogens with one attached hydrogen (secondary N) is 1. The maximum absolute atomic E-state index is 12.7. The number of rotatable bonds is 5. The largest absolute Gasteiger partial charge is 0.495 e. The molecule has 0 unspecified atom stereocenters. The SMILES string of the molecule is COc1cc(C)c(Cl)cc1S(=O)(=O)NC(C)(C)CC(C)(C)C. The standard InChI is InChI=1S/C16H26ClNO3S/c1-11-8-13(21-7)14(9-12(11)17)22(19,20)18-16(5,6)10-15(2,3)4/h8-9,18H,10H2,1-7H3. The van der Waals surface area contributed by atoms with Gasteiger partial charge in [0.15, 0.2) is 0 Å². The summed E-state index contributed by atoms with van der Waals surface area (Å²) in [5, 5.41) is 0.398.